The highest BCUT2D eigenvalue weighted by atomic mass is 16.2. The van der Waals surface area contributed by atoms with Crippen molar-refractivity contribution in [3.05, 3.63) is 42.5 Å². The second-order valence-corrected chi connectivity index (χ2v) is 8.62. The zero-order valence-corrected chi connectivity index (χ0v) is 19.5. The van der Waals surface area contributed by atoms with Crippen LogP contribution in [0.2, 0.25) is 0 Å². The first-order valence-electron chi connectivity index (χ1n) is 11.4. The van der Waals surface area contributed by atoms with Gasteiger partial charge in [-0.25, -0.2) is 14.6 Å². The highest BCUT2D eigenvalue weighted by Crippen LogP contribution is 2.28. The lowest BCUT2D eigenvalue weighted by Crippen LogP contribution is -2.47. The van der Waals surface area contributed by atoms with E-state index < -0.39 is 0 Å². The monoisotopic (exact) mass is 471 g/mol. The summed E-state index contributed by atoms with van der Waals surface area (Å²) in [6.45, 7) is 7.23. The minimum atomic E-state index is 0.0227. The SMILES string of the molecule is CC(C)Nc1cc(-n2ncc3cc(C#N)cnc32)ncc1-c1cn(CC(=O)N2CCNCC2)nn1. The predicted octanol–water partition coefficient (Wildman–Crippen LogP) is 1.20. The van der Waals surface area contributed by atoms with Gasteiger partial charge in [0.15, 0.2) is 11.5 Å². The fourth-order valence-electron chi connectivity index (χ4n) is 4.00. The normalized spacial score (nSPS) is 13.8. The van der Waals surface area contributed by atoms with Gasteiger partial charge in [0, 0.05) is 67.3 Å². The average Bonchev–Trinajstić information content (AvgIpc) is 3.50. The fraction of sp³-hybridized carbons (Fsp3) is 0.348. The molecule has 1 amide bonds. The number of nitrogens with one attached hydrogen (secondary N) is 2. The Labute approximate surface area is 201 Å². The molecule has 0 bridgehead atoms. The first kappa shape index (κ1) is 22.4. The molecule has 1 aliphatic heterocycles. The van der Waals surface area contributed by atoms with Crippen LogP contribution in [0.3, 0.4) is 0 Å². The predicted molar refractivity (Wildman–Crippen MR) is 129 cm³/mol. The van der Waals surface area contributed by atoms with Crippen LogP contribution in [0.1, 0.15) is 19.4 Å². The number of hydrogen-bond acceptors (Lipinski definition) is 9. The number of amides is 1. The van der Waals surface area contributed by atoms with Crippen LogP contribution >= 0.6 is 0 Å². The third-order valence-electron chi connectivity index (χ3n) is 5.67. The van der Waals surface area contributed by atoms with Gasteiger partial charge < -0.3 is 15.5 Å². The van der Waals surface area contributed by atoms with E-state index in [1.54, 1.807) is 34.0 Å². The van der Waals surface area contributed by atoms with E-state index in [4.69, 9.17) is 5.26 Å². The zero-order valence-electron chi connectivity index (χ0n) is 19.5. The summed E-state index contributed by atoms with van der Waals surface area (Å²) in [7, 11) is 0. The Bertz CT molecular complexity index is 1410. The molecule has 0 saturated carbocycles. The summed E-state index contributed by atoms with van der Waals surface area (Å²) in [5, 5.41) is 29.5. The smallest absolute Gasteiger partial charge is 0.244 e. The molecule has 35 heavy (non-hydrogen) atoms. The van der Waals surface area contributed by atoms with Gasteiger partial charge in [-0.15, -0.1) is 5.10 Å². The van der Waals surface area contributed by atoms with E-state index in [0.29, 0.717) is 35.8 Å². The number of carbonyl (C=O) groups is 1. The highest BCUT2D eigenvalue weighted by Gasteiger charge is 2.19. The standard InChI is InChI=1S/C23H25N11O/c1-15(2)29-19-8-21(34-23-17(11-28-34)7-16(9-24)10-27-23)26-12-18(19)20-13-33(31-30-20)14-22(35)32-5-3-25-4-6-32/h7-8,10-13,15,25H,3-6,14H2,1-2H3,(H,26,29). The molecule has 12 heteroatoms. The molecule has 0 unspecified atom stereocenters. The van der Waals surface area contributed by atoms with Crippen LogP contribution in [-0.4, -0.2) is 77.8 Å². The minimum Gasteiger partial charge on any atom is -0.382 e. The Hall–Kier alpha value is -4.37. The summed E-state index contributed by atoms with van der Waals surface area (Å²) in [5.74, 6) is 0.597. The van der Waals surface area contributed by atoms with Crippen molar-refractivity contribution >= 4 is 22.6 Å². The number of fused-ring (bicyclic) bond motifs is 1. The molecule has 0 aromatic carbocycles. The summed E-state index contributed by atoms with van der Waals surface area (Å²) in [6, 6.07) is 5.87. The van der Waals surface area contributed by atoms with Gasteiger partial charge in [0.2, 0.25) is 5.91 Å². The van der Waals surface area contributed by atoms with E-state index in [9.17, 15) is 4.79 Å². The van der Waals surface area contributed by atoms with E-state index in [0.717, 1.165) is 29.7 Å². The second-order valence-electron chi connectivity index (χ2n) is 8.62. The van der Waals surface area contributed by atoms with Gasteiger partial charge in [-0.2, -0.15) is 15.0 Å². The van der Waals surface area contributed by atoms with Crippen molar-refractivity contribution in [3.63, 3.8) is 0 Å². The Morgan fingerprint density at radius 1 is 1.20 bits per heavy atom. The summed E-state index contributed by atoms with van der Waals surface area (Å²) in [6.07, 6.45) is 6.65. The number of piperazine rings is 1. The molecule has 1 saturated heterocycles. The lowest BCUT2D eigenvalue weighted by atomic mass is 10.1. The van der Waals surface area contributed by atoms with Crippen molar-refractivity contribution in [1.29, 1.82) is 5.26 Å². The molecule has 12 nitrogen and oxygen atoms in total. The van der Waals surface area contributed by atoms with Crippen molar-refractivity contribution in [2.45, 2.75) is 26.4 Å². The van der Waals surface area contributed by atoms with Gasteiger partial charge >= 0.3 is 0 Å². The molecule has 0 aliphatic carbocycles. The molecular weight excluding hydrogens is 446 g/mol. The van der Waals surface area contributed by atoms with E-state index in [2.05, 4.69) is 42.1 Å². The molecule has 4 aromatic rings. The van der Waals surface area contributed by atoms with Gasteiger partial charge in [0.1, 0.15) is 18.3 Å². The first-order valence-corrected chi connectivity index (χ1v) is 11.4. The van der Waals surface area contributed by atoms with Crippen LogP contribution in [-0.2, 0) is 11.3 Å². The molecule has 4 aromatic heterocycles. The maximum absolute atomic E-state index is 12.6. The largest absolute Gasteiger partial charge is 0.382 e. The van der Waals surface area contributed by atoms with Gasteiger partial charge in [-0.1, -0.05) is 5.21 Å². The molecule has 0 radical (unpaired) electrons. The maximum atomic E-state index is 12.6. The average molecular weight is 472 g/mol. The van der Waals surface area contributed by atoms with Crippen LogP contribution in [0.15, 0.2) is 36.9 Å². The molecule has 2 N–H and O–H groups in total. The van der Waals surface area contributed by atoms with Gasteiger partial charge in [0.05, 0.1) is 18.0 Å². The van der Waals surface area contributed by atoms with Crippen LogP contribution < -0.4 is 10.6 Å². The lowest BCUT2D eigenvalue weighted by Gasteiger charge is -2.27. The molecule has 0 spiro atoms. The molecule has 1 aliphatic rings. The van der Waals surface area contributed by atoms with Crippen molar-refractivity contribution in [1.82, 2.24) is 45.0 Å². The lowest BCUT2D eigenvalue weighted by molar-refractivity contribution is -0.132. The third-order valence-corrected chi connectivity index (χ3v) is 5.67. The van der Waals surface area contributed by atoms with Gasteiger partial charge in [0.25, 0.3) is 0 Å². The van der Waals surface area contributed by atoms with Crippen molar-refractivity contribution in [2.75, 3.05) is 31.5 Å². The number of pyridine rings is 2. The Kier molecular flexibility index (Phi) is 6.07. The van der Waals surface area contributed by atoms with E-state index in [-0.39, 0.29) is 18.5 Å². The number of carbonyl (C=O) groups excluding carboxylic acids is 1. The number of nitrogens with zero attached hydrogens (tertiary/aromatic N) is 9. The van der Waals surface area contributed by atoms with Crippen molar-refractivity contribution < 1.29 is 4.79 Å². The number of rotatable bonds is 6. The summed E-state index contributed by atoms with van der Waals surface area (Å²) >= 11 is 0. The summed E-state index contributed by atoms with van der Waals surface area (Å²) in [5.41, 5.74) is 3.27. The maximum Gasteiger partial charge on any atom is 0.244 e. The number of hydrogen-bond donors (Lipinski definition) is 2. The minimum absolute atomic E-state index is 0.0227. The van der Waals surface area contributed by atoms with Crippen LogP contribution in [0.5, 0.6) is 0 Å². The topological polar surface area (TPSA) is 142 Å². The molecule has 5 rings (SSSR count). The summed E-state index contributed by atoms with van der Waals surface area (Å²) in [4.78, 5) is 23.4. The zero-order chi connectivity index (χ0) is 24.4. The molecule has 0 atom stereocenters. The van der Waals surface area contributed by atoms with Crippen molar-refractivity contribution in [3.8, 4) is 23.1 Å². The van der Waals surface area contributed by atoms with E-state index in [1.165, 1.54) is 6.20 Å². The Morgan fingerprint density at radius 2 is 2.03 bits per heavy atom. The third kappa shape index (κ3) is 4.67. The molecule has 5 heterocycles. The highest BCUT2D eigenvalue weighted by molar-refractivity contribution is 5.80. The summed E-state index contributed by atoms with van der Waals surface area (Å²) < 4.78 is 3.19. The van der Waals surface area contributed by atoms with Gasteiger partial charge in [-0.05, 0) is 19.9 Å². The first-order chi connectivity index (χ1) is 17.0. The Morgan fingerprint density at radius 3 is 2.80 bits per heavy atom. The van der Waals surface area contributed by atoms with Crippen molar-refractivity contribution in [2.24, 2.45) is 0 Å². The molecular formula is C23H25N11O. The van der Waals surface area contributed by atoms with Crippen LogP contribution in [0.25, 0.3) is 28.1 Å². The van der Waals surface area contributed by atoms with Crippen LogP contribution in [0.4, 0.5) is 5.69 Å². The fourth-order valence-corrected chi connectivity index (χ4v) is 4.00. The molecule has 178 valence electrons. The van der Waals surface area contributed by atoms with Gasteiger partial charge in [-0.3, -0.25) is 4.79 Å². The Balaban J connectivity index is 1.44. The van der Waals surface area contributed by atoms with E-state index in [1.807, 2.05) is 24.8 Å². The quantitative estimate of drug-likeness (QED) is 0.424. The van der Waals surface area contributed by atoms with Crippen LogP contribution in [0, 0.1) is 11.3 Å². The number of aromatic nitrogens is 7. The number of nitriles is 1. The van der Waals surface area contributed by atoms with E-state index >= 15 is 0 Å². The number of anilines is 1. The molecule has 1 fully saturated rings. The second kappa shape index (κ2) is 9.47.